The summed E-state index contributed by atoms with van der Waals surface area (Å²) in [5.41, 5.74) is 1.42. The van der Waals surface area contributed by atoms with Gasteiger partial charge in [-0.25, -0.2) is 8.42 Å². The zero-order chi connectivity index (χ0) is 21.3. The molecule has 2 aromatic rings. The van der Waals surface area contributed by atoms with Crippen LogP contribution in [-0.2, 0) is 16.4 Å². The van der Waals surface area contributed by atoms with Gasteiger partial charge in [-0.05, 0) is 23.8 Å². The summed E-state index contributed by atoms with van der Waals surface area (Å²) in [5.74, 6) is 0.770. The summed E-state index contributed by atoms with van der Waals surface area (Å²) in [5, 5.41) is 0.444. The van der Waals surface area contributed by atoms with E-state index in [1.165, 1.54) is 26.0 Å². The number of aliphatic imine (C=N–C) groups is 1. The number of hydrogen-bond acceptors (Lipinski definition) is 6. The van der Waals surface area contributed by atoms with Crippen molar-refractivity contribution in [3.63, 3.8) is 0 Å². The van der Waals surface area contributed by atoms with E-state index >= 15 is 0 Å². The molecule has 1 amide bonds. The van der Waals surface area contributed by atoms with Crippen molar-refractivity contribution in [3.05, 3.63) is 59.7 Å². The van der Waals surface area contributed by atoms with E-state index in [-0.39, 0.29) is 22.8 Å². The number of methoxy groups -OCH3 is 2. The number of benzene rings is 2. The average Bonchev–Trinajstić information content (AvgIpc) is 3.20. The van der Waals surface area contributed by atoms with Gasteiger partial charge in [0.25, 0.3) is 5.91 Å². The van der Waals surface area contributed by atoms with Gasteiger partial charge in [-0.3, -0.25) is 4.79 Å². The van der Waals surface area contributed by atoms with Crippen LogP contribution in [0, 0.1) is 0 Å². The van der Waals surface area contributed by atoms with Gasteiger partial charge < -0.3 is 14.4 Å². The molecule has 2 atom stereocenters. The van der Waals surface area contributed by atoms with Crippen molar-refractivity contribution in [2.24, 2.45) is 4.99 Å². The molecule has 0 spiro atoms. The monoisotopic (exact) mass is 446 g/mol. The molecule has 9 heteroatoms. The number of nitrogens with zero attached hydrogens (tertiary/aromatic N) is 2. The van der Waals surface area contributed by atoms with Crippen molar-refractivity contribution in [2.75, 3.05) is 25.7 Å². The summed E-state index contributed by atoms with van der Waals surface area (Å²) < 4.78 is 34.8. The van der Waals surface area contributed by atoms with Crippen molar-refractivity contribution >= 4 is 32.7 Å². The Hall–Kier alpha value is -2.52. The highest BCUT2D eigenvalue weighted by molar-refractivity contribution is 8.15. The number of carbonyl (C=O) groups is 1. The van der Waals surface area contributed by atoms with Crippen LogP contribution in [0.1, 0.15) is 15.9 Å². The molecule has 2 saturated heterocycles. The number of thioether (sulfide) groups is 1. The molecular weight excluding hydrogens is 424 g/mol. The minimum absolute atomic E-state index is 0.0844. The molecule has 0 aromatic heterocycles. The van der Waals surface area contributed by atoms with Crippen LogP contribution < -0.4 is 9.47 Å². The molecular formula is C21H22N2O5S2. The number of amides is 1. The van der Waals surface area contributed by atoms with Crippen molar-refractivity contribution < 1.29 is 22.7 Å². The topological polar surface area (TPSA) is 85.3 Å². The zero-order valence-electron chi connectivity index (χ0n) is 16.6. The fraction of sp³-hybridized carbons (Fsp3) is 0.333. The first-order chi connectivity index (χ1) is 14.4. The van der Waals surface area contributed by atoms with Crippen molar-refractivity contribution in [3.8, 4) is 11.5 Å². The second kappa shape index (κ2) is 8.31. The maximum Gasteiger partial charge on any atom is 0.279 e. The number of carbonyl (C=O) groups excluding carboxylic acids is 1. The van der Waals surface area contributed by atoms with E-state index in [1.54, 1.807) is 18.2 Å². The summed E-state index contributed by atoms with van der Waals surface area (Å²) in [6.07, 6.45) is 0. The van der Waals surface area contributed by atoms with Gasteiger partial charge in [-0.1, -0.05) is 42.1 Å². The SMILES string of the molecule is COc1ccc(C(=O)N=C2S[C@@H]3CS(=O)(=O)C[C@@H]3N2Cc2ccccc2)cc1OC. The Bertz CT molecular complexity index is 1090. The molecule has 0 bridgehead atoms. The Morgan fingerprint density at radius 3 is 2.53 bits per heavy atom. The smallest absolute Gasteiger partial charge is 0.279 e. The second-order valence-corrected chi connectivity index (χ2v) is 10.5. The van der Waals surface area contributed by atoms with Gasteiger partial charge in [0.2, 0.25) is 0 Å². The predicted octanol–water partition coefficient (Wildman–Crippen LogP) is 2.61. The van der Waals surface area contributed by atoms with E-state index < -0.39 is 15.7 Å². The van der Waals surface area contributed by atoms with Crippen molar-refractivity contribution in [1.29, 1.82) is 0 Å². The van der Waals surface area contributed by atoms with Crippen LogP contribution in [0.15, 0.2) is 53.5 Å². The molecule has 2 fully saturated rings. The molecule has 4 rings (SSSR count). The Morgan fingerprint density at radius 2 is 1.83 bits per heavy atom. The molecule has 2 aromatic carbocycles. The Kier molecular flexibility index (Phi) is 5.75. The molecule has 2 aliphatic heterocycles. The lowest BCUT2D eigenvalue weighted by atomic mass is 10.1. The highest BCUT2D eigenvalue weighted by atomic mass is 32.2. The van der Waals surface area contributed by atoms with Gasteiger partial charge in [-0.15, -0.1) is 0 Å². The lowest BCUT2D eigenvalue weighted by molar-refractivity contribution is 0.100. The molecule has 30 heavy (non-hydrogen) atoms. The van der Waals surface area contributed by atoms with Gasteiger partial charge >= 0.3 is 0 Å². The molecule has 0 radical (unpaired) electrons. The van der Waals surface area contributed by atoms with Gasteiger partial charge in [0.05, 0.1) is 31.8 Å². The van der Waals surface area contributed by atoms with E-state index in [1.807, 2.05) is 35.2 Å². The van der Waals surface area contributed by atoms with Gasteiger partial charge in [-0.2, -0.15) is 4.99 Å². The quantitative estimate of drug-likeness (QED) is 0.698. The first-order valence-electron chi connectivity index (χ1n) is 9.43. The lowest BCUT2D eigenvalue weighted by Crippen LogP contribution is -2.37. The molecule has 0 aliphatic carbocycles. The van der Waals surface area contributed by atoms with E-state index in [9.17, 15) is 13.2 Å². The molecule has 158 valence electrons. The molecule has 0 unspecified atom stereocenters. The van der Waals surface area contributed by atoms with Crippen LogP contribution in [0.25, 0.3) is 0 Å². The largest absolute Gasteiger partial charge is 0.493 e. The second-order valence-electron chi connectivity index (χ2n) is 7.18. The van der Waals surface area contributed by atoms with Crippen LogP contribution in [0.4, 0.5) is 0 Å². The summed E-state index contributed by atoms with van der Waals surface area (Å²) in [6, 6.07) is 14.5. The number of hydrogen-bond donors (Lipinski definition) is 0. The van der Waals surface area contributed by atoms with Gasteiger partial charge in [0, 0.05) is 17.4 Å². The molecule has 0 N–H and O–H groups in total. The molecule has 0 saturated carbocycles. The predicted molar refractivity (Wildman–Crippen MR) is 117 cm³/mol. The number of rotatable bonds is 5. The third-order valence-electron chi connectivity index (χ3n) is 5.20. The Labute approximate surface area is 180 Å². The fourth-order valence-corrected chi connectivity index (χ4v) is 7.67. The molecule has 7 nitrogen and oxygen atoms in total. The van der Waals surface area contributed by atoms with Crippen molar-refractivity contribution in [2.45, 2.75) is 17.8 Å². The normalized spacial score (nSPS) is 23.4. The fourth-order valence-electron chi connectivity index (χ4n) is 3.72. The Morgan fingerprint density at radius 1 is 1.10 bits per heavy atom. The van der Waals surface area contributed by atoms with Crippen LogP contribution >= 0.6 is 11.8 Å². The summed E-state index contributed by atoms with van der Waals surface area (Å²) in [7, 11) is -0.0456. The summed E-state index contributed by atoms with van der Waals surface area (Å²) in [6.45, 7) is 0.503. The zero-order valence-corrected chi connectivity index (χ0v) is 18.3. The van der Waals surface area contributed by atoms with Crippen LogP contribution in [-0.4, -0.2) is 61.4 Å². The number of amidine groups is 1. The third kappa shape index (κ3) is 4.17. The maximum atomic E-state index is 12.9. The number of fused-ring (bicyclic) bond motifs is 1. The third-order valence-corrected chi connectivity index (χ3v) is 8.45. The number of ether oxygens (including phenoxy) is 2. The van der Waals surface area contributed by atoms with Gasteiger partial charge in [0.1, 0.15) is 0 Å². The van der Waals surface area contributed by atoms with E-state index in [0.717, 1.165) is 5.56 Å². The van der Waals surface area contributed by atoms with E-state index in [0.29, 0.717) is 28.8 Å². The first-order valence-corrected chi connectivity index (χ1v) is 12.1. The maximum absolute atomic E-state index is 12.9. The highest BCUT2D eigenvalue weighted by Gasteiger charge is 2.48. The number of sulfone groups is 1. The van der Waals surface area contributed by atoms with Gasteiger partial charge in [0.15, 0.2) is 26.5 Å². The summed E-state index contributed by atoms with van der Waals surface area (Å²) >= 11 is 1.37. The first kappa shape index (κ1) is 20.7. The highest BCUT2D eigenvalue weighted by Crippen LogP contribution is 2.39. The standard InChI is InChI=1S/C21H22N2O5S2/c1-27-17-9-8-15(10-18(17)28-2)20(24)22-21-23(11-14-6-4-3-5-7-14)16-12-30(25,26)13-19(16)29-21/h3-10,16,19H,11-13H2,1-2H3/t16-,19+/m0/s1. The van der Waals surface area contributed by atoms with E-state index in [4.69, 9.17) is 9.47 Å². The van der Waals surface area contributed by atoms with Crippen LogP contribution in [0.3, 0.4) is 0 Å². The van der Waals surface area contributed by atoms with Crippen molar-refractivity contribution in [1.82, 2.24) is 4.90 Å². The average molecular weight is 447 g/mol. The van der Waals surface area contributed by atoms with Crippen LogP contribution in [0.2, 0.25) is 0 Å². The minimum atomic E-state index is -3.08. The Balaban J connectivity index is 1.64. The summed E-state index contributed by atoms with van der Waals surface area (Å²) in [4.78, 5) is 19.2. The minimum Gasteiger partial charge on any atom is -0.493 e. The van der Waals surface area contributed by atoms with Crippen LogP contribution in [0.5, 0.6) is 11.5 Å². The molecule has 2 aliphatic rings. The molecule has 2 heterocycles. The van der Waals surface area contributed by atoms with E-state index in [2.05, 4.69) is 4.99 Å². The lowest BCUT2D eigenvalue weighted by Gasteiger charge is -2.24.